The third-order valence-corrected chi connectivity index (χ3v) is 4.97. The van der Waals surface area contributed by atoms with E-state index in [0.29, 0.717) is 0 Å². The van der Waals surface area contributed by atoms with E-state index >= 15 is 0 Å². The molecule has 1 heterocycles. The highest BCUT2D eigenvalue weighted by Gasteiger charge is 2.30. The van der Waals surface area contributed by atoms with E-state index in [1.165, 1.54) is 51.6 Å². The molecule has 0 bridgehead atoms. The molecule has 2 fully saturated rings. The third kappa shape index (κ3) is 4.73. The molecule has 1 N–H and O–H groups in total. The zero-order valence-electron chi connectivity index (χ0n) is 12.9. The van der Waals surface area contributed by atoms with Gasteiger partial charge in [0.1, 0.15) is 0 Å². The molecule has 2 aliphatic rings. The lowest BCUT2D eigenvalue weighted by atomic mass is 9.76. The minimum Gasteiger partial charge on any atom is -0.380 e. The summed E-state index contributed by atoms with van der Waals surface area (Å²) in [5.74, 6) is 1.82. The van der Waals surface area contributed by atoms with Gasteiger partial charge >= 0.3 is 0 Å². The van der Waals surface area contributed by atoms with Crippen LogP contribution in [-0.4, -0.2) is 50.8 Å². The minimum atomic E-state index is 0.734. The summed E-state index contributed by atoms with van der Waals surface area (Å²) in [5.41, 5.74) is 0. The van der Waals surface area contributed by atoms with E-state index in [1.807, 2.05) is 0 Å². The van der Waals surface area contributed by atoms with Crippen molar-refractivity contribution in [1.29, 1.82) is 0 Å². The Morgan fingerprint density at radius 1 is 1.21 bits per heavy atom. The van der Waals surface area contributed by atoms with Crippen molar-refractivity contribution < 1.29 is 4.74 Å². The van der Waals surface area contributed by atoms with E-state index in [2.05, 4.69) is 24.2 Å². The molecule has 0 aromatic rings. The van der Waals surface area contributed by atoms with Gasteiger partial charge in [-0.15, -0.1) is 0 Å². The first kappa shape index (κ1) is 15.3. The average Bonchev–Trinajstić information content (AvgIpc) is 2.68. The molecule has 0 spiro atoms. The summed E-state index contributed by atoms with van der Waals surface area (Å²) in [6, 6.07) is 0.734. The molecule has 112 valence electrons. The molecule has 3 nitrogen and oxygen atoms in total. The van der Waals surface area contributed by atoms with Gasteiger partial charge in [0, 0.05) is 32.3 Å². The SMILES string of the molecule is CCCC1CCC(NC)C(CN2CCCOCC2)C1. The van der Waals surface area contributed by atoms with Crippen LogP contribution in [0.3, 0.4) is 0 Å². The second kappa shape index (κ2) is 8.23. The molecular weight excluding hydrogens is 236 g/mol. The van der Waals surface area contributed by atoms with Crippen LogP contribution in [0.5, 0.6) is 0 Å². The van der Waals surface area contributed by atoms with E-state index in [-0.39, 0.29) is 0 Å². The number of hydrogen-bond donors (Lipinski definition) is 1. The van der Waals surface area contributed by atoms with Crippen LogP contribution in [0.25, 0.3) is 0 Å². The zero-order valence-corrected chi connectivity index (χ0v) is 12.9. The van der Waals surface area contributed by atoms with Crippen LogP contribution in [0.15, 0.2) is 0 Å². The number of rotatable bonds is 5. The first-order valence-electron chi connectivity index (χ1n) is 8.30. The topological polar surface area (TPSA) is 24.5 Å². The van der Waals surface area contributed by atoms with Crippen molar-refractivity contribution in [2.75, 3.05) is 39.9 Å². The highest BCUT2D eigenvalue weighted by molar-refractivity contribution is 4.86. The summed E-state index contributed by atoms with van der Waals surface area (Å²) in [6.45, 7) is 7.83. The van der Waals surface area contributed by atoms with Crippen molar-refractivity contribution in [1.82, 2.24) is 10.2 Å². The minimum absolute atomic E-state index is 0.734. The van der Waals surface area contributed by atoms with Crippen molar-refractivity contribution in [3.05, 3.63) is 0 Å². The fourth-order valence-electron chi connectivity index (χ4n) is 3.93. The molecule has 0 amide bonds. The average molecular weight is 268 g/mol. The molecule has 3 atom stereocenters. The summed E-state index contributed by atoms with van der Waals surface area (Å²) in [7, 11) is 2.14. The summed E-state index contributed by atoms with van der Waals surface area (Å²) < 4.78 is 5.57. The van der Waals surface area contributed by atoms with Crippen LogP contribution in [0, 0.1) is 11.8 Å². The van der Waals surface area contributed by atoms with Gasteiger partial charge < -0.3 is 15.0 Å². The van der Waals surface area contributed by atoms with E-state index < -0.39 is 0 Å². The molecule has 3 unspecified atom stereocenters. The van der Waals surface area contributed by atoms with Crippen molar-refractivity contribution in [3.63, 3.8) is 0 Å². The summed E-state index contributed by atoms with van der Waals surface area (Å²) in [6.07, 6.45) is 8.20. The van der Waals surface area contributed by atoms with Gasteiger partial charge in [-0.25, -0.2) is 0 Å². The Morgan fingerprint density at radius 3 is 2.89 bits per heavy atom. The highest BCUT2D eigenvalue weighted by atomic mass is 16.5. The van der Waals surface area contributed by atoms with Crippen LogP contribution < -0.4 is 5.32 Å². The quantitative estimate of drug-likeness (QED) is 0.829. The first-order valence-corrected chi connectivity index (χ1v) is 8.30. The van der Waals surface area contributed by atoms with Crippen molar-refractivity contribution in [2.24, 2.45) is 11.8 Å². The predicted octanol–water partition coefficient (Wildman–Crippen LogP) is 2.51. The van der Waals surface area contributed by atoms with Gasteiger partial charge in [-0.1, -0.05) is 19.8 Å². The summed E-state index contributed by atoms with van der Waals surface area (Å²) >= 11 is 0. The van der Waals surface area contributed by atoms with Crippen LogP contribution >= 0.6 is 0 Å². The van der Waals surface area contributed by atoms with Gasteiger partial charge in [-0.3, -0.25) is 0 Å². The Bertz CT molecular complexity index is 239. The fraction of sp³-hybridized carbons (Fsp3) is 1.00. The predicted molar refractivity (Wildman–Crippen MR) is 80.5 cm³/mol. The monoisotopic (exact) mass is 268 g/mol. The van der Waals surface area contributed by atoms with Gasteiger partial charge in [0.2, 0.25) is 0 Å². The molecule has 2 rings (SSSR count). The molecule has 1 saturated carbocycles. The molecule has 0 radical (unpaired) electrons. The maximum absolute atomic E-state index is 5.57. The Kier molecular flexibility index (Phi) is 6.62. The van der Waals surface area contributed by atoms with Crippen LogP contribution in [0.1, 0.15) is 45.4 Å². The van der Waals surface area contributed by atoms with Gasteiger partial charge in [0.05, 0.1) is 6.61 Å². The molecule has 0 aromatic carbocycles. The number of nitrogens with zero attached hydrogens (tertiary/aromatic N) is 1. The van der Waals surface area contributed by atoms with Crippen LogP contribution in [-0.2, 0) is 4.74 Å². The van der Waals surface area contributed by atoms with Crippen LogP contribution in [0.2, 0.25) is 0 Å². The maximum Gasteiger partial charge on any atom is 0.0593 e. The normalized spacial score (nSPS) is 34.1. The van der Waals surface area contributed by atoms with Gasteiger partial charge in [0.15, 0.2) is 0 Å². The second-order valence-electron chi connectivity index (χ2n) is 6.39. The number of nitrogens with one attached hydrogen (secondary N) is 1. The van der Waals surface area contributed by atoms with Gasteiger partial charge in [-0.05, 0) is 44.6 Å². The standard InChI is InChI=1S/C16H32N2O/c1-3-5-14-6-7-16(17-2)15(12-14)13-18-8-4-10-19-11-9-18/h14-17H,3-13H2,1-2H3. The molecule has 19 heavy (non-hydrogen) atoms. The lowest BCUT2D eigenvalue weighted by Gasteiger charge is -2.38. The smallest absolute Gasteiger partial charge is 0.0593 e. The Morgan fingerprint density at radius 2 is 2.11 bits per heavy atom. The third-order valence-electron chi connectivity index (χ3n) is 4.97. The van der Waals surface area contributed by atoms with E-state index in [4.69, 9.17) is 4.74 Å². The first-order chi connectivity index (χ1) is 9.33. The zero-order chi connectivity index (χ0) is 13.5. The summed E-state index contributed by atoms with van der Waals surface area (Å²) in [4.78, 5) is 2.64. The van der Waals surface area contributed by atoms with Crippen LogP contribution in [0.4, 0.5) is 0 Å². The Hall–Kier alpha value is -0.120. The number of hydrogen-bond acceptors (Lipinski definition) is 3. The summed E-state index contributed by atoms with van der Waals surface area (Å²) in [5, 5.41) is 3.56. The molecule has 1 saturated heterocycles. The van der Waals surface area contributed by atoms with E-state index in [1.54, 1.807) is 0 Å². The Labute approximate surface area is 119 Å². The van der Waals surface area contributed by atoms with E-state index in [0.717, 1.165) is 37.6 Å². The largest absolute Gasteiger partial charge is 0.380 e. The number of ether oxygens (including phenoxy) is 1. The Balaban J connectivity index is 1.86. The molecule has 0 aromatic heterocycles. The molecule has 1 aliphatic carbocycles. The van der Waals surface area contributed by atoms with Crippen molar-refractivity contribution in [3.8, 4) is 0 Å². The van der Waals surface area contributed by atoms with Crippen molar-refractivity contribution >= 4 is 0 Å². The maximum atomic E-state index is 5.57. The van der Waals surface area contributed by atoms with Gasteiger partial charge in [0.25, 0.3) is 0 Å². The molecular formula is C16H32N2O. The fourth-order valence-corrected chi connectivity index (χ4v) is 3.93. The van der Waals surface area contributed by atoms with Crippen molar-refractivity contribution in [2.45, 2.75) is 51.5 Å². The van der Waals surface area contributed by atoms with Gasteiger partial charge in [-0.2, -0.15) is 0 Å². The second-order valence-corrected chi connectivity index (χ2v) is 6.39. The lowest BCUT2D eigenvalue weighted by Crippen LogP contribution is -2.45. The lowest BCUT2D eigenvalue weighted by molar-refractivity contribution is 0.120. The molecule has 3 heteroatoms. The van der Waals surface area contributed by atoms with E-state index in [9.17, 15) is 0 Å². The highest BCUT2D eigenvalue weighted by Crippen LogP contribution is 2.32. The molecule has 1 aliphatic heterocycles.